The molecule has 0 aliphatic heterocycles. The van der Waals surface area contributed by atoms with Gasteiger partial charge in [-0.05, 0) is 31.4 Å². The van der Waals surface area contributed by atoms with Crippen LogP contribution in [0.25, 0.3) is 0 Å². The van der Waals surface area contributed by atoms with E-state index in [1.54, 1.807) is 13.2 Å². The number of nitrogens with zero attached hydrogens (tertiary/aromatic N) is 1. The van der Waals surface area contributed by atoms with Gasteiger partial charge in [0.1, 0.15) is 0 Å². The zero-order valence-corrected chi connectivity index (χ0v) is 14.9. The summed E-state index contributed by atoms with van der Waals surface area (Å²) in [5.74, 6) is -0.0701. The molecule has 6 nitrogen and oxygen atoms in total. The smallest absolute Gasteiger partial charge is 0.232 e. The zero-order chi connectivity index (χ0) is 17.3. The molecule has 1 aromatic rings. The standard InChI is InChI=1S/C16H26N2O4S/c1-14-8-4-5-9-15(14)18(23(3,20)21)12-6-10-16(19)17-11-7-13-22-2/h4-5,8-9H,6-7,10-13H2,1-3H3,(H,17,19). The molecule has 0 atom stereocenters. The summed E-state index contributed by atoms with van der Waals surface area (Å²) in [7, 11) is -1.76. The Morgan fingerprint density at radius 3 is 2.57 bits per heavy atom. The number of hydrogen-bond donors (Lipinski definition) is 1. The van der Waals surface area contributed by atoms with Gasteiger partial charge in [-0.3, -0.25) is 9.10 Å². The number of benzene rings is 1. The van der Waals surface area contributed by atoms with Crippen LogP contribution < -0.4 is 9.62 Å². The second-order valence-corrected chi connectivity index (χ2v) is 7.33. The van der Waals surface area contributed by atoms with Crippen molar-refractivity contribution >= 4 is 21.6 Å². The van der Waals surface area contributed by atoms with Gasteiger partial charge >= 0.3 is 0 Å². The van der Waals surface area contributed by atoms with Crippen molar-refractivity contribution in [3.05, 3.63) is 29.8 Å². The maximum Gasteiger partial charge on any atom is 0.232 e. The molecule has 0 heterocycles. The Labute approximate surface area is 138 Å². The summed E-state index contributed by atoms with van der Waals surface area (Å²) in [6.45, 7) is 3.33. The number of nitrogens with one attached hydrogen (secondary N) is 1. The first-order valence-corrected chi connectivity index (χ1v) is 9.50. The summed E-state index contributed by atoms with van der Waals surface area (Å²) in [6, 6.07) is 7.33. The minimum Gasteiger partial charge on any atom is -0.385 e. The van der Waals surface area contributed by atoms with Crippen LogP contribution in [-0.2, 0) is 19.6 Å². The van der Waals surface area contributed by atoms with E-state index in [-0.39, 0.29) is 12.5 Å². The van der Waals surface area contributed by atoms with Crippen LogP contribution >= 0.6 is 0 Å². The van der Waals surface area contributed by atoms with Gasteiger partial charge in [-0.1, -0.05) is 18.2 Å². The van der Waals surface area contributed by atoms with Crippen molar-refractivity contribution < 1.29 is 17.9 Å². The van der Waals surface area contributed by atoms with Crippen molar-refractivity contribution in [3.63, 3.8) is 0 Å². The first kappa shape index (κ1) is 19.4. The molecule has 0 aliphatic carbocycles. The average Bonchev–Trinajstić information content (AvgIpc) is 2.48. The molecule has 0 fully saturated rings. The number of anilines is 1. The van der Waals surface area contributed by atoms with Crippen LogP contribution in [0.15, 0.2) is 24.3 Å². The molecule has 23 heavy (non-hydrogen) atoms. The molecule has 0 saturated heterocycles. The van der Waals surface area contributed by atoms with E-state index in [0.29, 0.717) is 31.7 Å². The van der Waals surface area contributed by atoms with Crippen molar-refractivity contribution in [2.45, 2.75) is 26.2 Å². The molecular weight excluding hydrogens is 316 g/mol. The van der Waals surface area contributed by atoms with E-state index in [4.69, 9.17) is 4.74 Å². The zero-order valence-electron chi connectivity index (χ0n) is 14.0. The third-order valence-electron chi connectivity index (χ3n) is 3.40. The summed E-state index contributed by atoms with van der Waals surface area (Å²) >= 11 is 0. The number of carbonyl (C=O) groups excluding carboxylic acids is 1. The lowest BCUT2D eigenvalue weighted by Gasteiger charge is -2.24. The number of ether oxygens (including phenoxy) is 1. The normalized spacial score (nSPS) is 11.3. The number of para-hydroxylation sites is 1. The minimum absolute atomic E-state index is 0.0701. The SMILES string of the molecule is COCCCNC(=O)CCCN(c1ccccc1C)S(C)(=O)=O. The molecule has 1 amide bonds. The summed E-state index contributed by atoms with van der Waals surface area (Å²) in [5, 5.41) is 2.79. The monoisotopic (exact) mass is 342 g/mol. The molecule has 0 bridgehead atoms. The molecule has 0 spiro atoms. The van der Waals surface area contributed by atoms with E-state index in [2.05, 4.69) is 5.32 Å². The lowest BCUT2D eigenvalue weighted by Crippen LogP contribution is -2.32. The Balaban J connectivity index is 2.54. The van der Waals surface area contributed by atoms with Gasteiger partial charge in [-0.25, -0.2) is 8.42 Å². The average molecular weight is 342 g/mol. The lowest BCUT2D eigenvalue weighted by atomic mass is 10.2. The van der Waals surface area contributed by atoms with Crippen LogP contribution in [0.1, 0.15) is 24.8 Å². The van der Waals surface area contributed by atoms with Gasteiger partial charge in [0.25, 0.3) is 0 Å². The lowest BCUT2D eigenvalue weighted by molar-refractivity contribution is -0.121. The highest BCUT2D eigenvalue weighted by Gasteiger charge is 2.18. The topological polar surface area (TPSA) is 75.7 Å². The predicted octanol–water partition coefficient (Wildman–Crippen LogP) is 1.69. The largest absolute Gasteiger partial charge is 0.385 e. The molecule has 0 radical (unpaired) electrons. The van der Waals surface area contributed by atoms with Crippen LogP contribution in [-0.4, -0.2) is 47.4 Å². The maximum absolute atomic E-state index is 12.0. The highest BCUT2D eigenvalue weighted by molar-refractivity contribution is 7.92. The predicted molar refractivity (Wildman–Crippen MR) is 92.1 cm³/mol. The summed E-state index contributed by atoms with van der Waals surface area (Å²) in [4.78, 5) is 11.7. The summed E-state index contributed by atoms with van der Waals surface area (Å²) < 4.78 is 30.3. The van der Waals surface area contributed by atoms with Gasteiger partial charge in [0, 0.05) is 33.2 Å². The first-order chi connectivity index (χ1) is 10.9. The quantitative estimate of drug-likeness (QED) is 0.657. The van der Waals surface area contributed by atoms with Crippen LogP contribution in [0, 0.1) is 6.92 Å². The van der Waals surface area contributed by atoms with Gasteiger partial charge < -0.3 is 10.1 Å². The number of amides is 1. The fourth-order valence-corrected chi connectivity index (χ4v) is 3.25. The molecule has 130 valence electrons. The number of sulfonamides is 1. The number of aryl methyl sites for hydroxylation is 1. The van der Waals surface area contributed by atoms with Crippen LogP contribution in [0.2, 0.25) is 0 Å². The first-order valence-electron chi connectivity index (χ1n) is 7.65. The van der Waals surface area contributed by atoms with Gasteiger partial charge in [0.15, 0.2) is 0 Å². The molecule has 1 N–H and O–H groups in total. The molecule has 0 unspecified atom stereocenters. The number of methoxy groups -OCH3 is 1. The van der Waals surface area contributed by atoms with E-state index >= 15 is 0 Å². The molecule has 1 rings (SSSR count). The van der Waals surface area contributed by atoms with Crippen LogP contribution in [0.3, 0.4) is 0 Å². The van der Waals surface area contributed by atoms with Crippen molar-refractivity contribution in [1.82, 2.24) is 5.32 Å². The van der Waals surface area contributed by atoms with E-state index < -0.39 is 10.0 Å². The fraction of sp³-hybridized carbons (Fsp3) is 0.562. The van der Waals surface area contributed by atoms with Crippen molar-refractivity contribution in [2.24, 2.45) is 0 Å². The van der Waals surface area contributed by atoms with Crippen LogP contribution in [0.5, 0.6) is 0 Å². The molecule has 0 aliphatic rings. The van der Waals surface area contributed by atoms with Gasteiger partial charge in [0.05, 0.1) is 11.9 Å². The number of carbonyl (C=O) groups is 1. The number of hydrogen-bond acceptors (Lipinski definition) is 4. The molecule has 0 aromatic heterocycles. The van der Waals surface area contributed by atoms with Crippen molar-refractivity contribution in [2.75, 3.05) is 37.4 Å². The van der Waals surface area contributed by atoms with Crippen LogP contribution in [0.4, 0.5) is 5.69 Å². The third kappa shape index (κ3) is 7.00. The fourth-order valence-electron chi connectivity index (χ4n) is 2.22. The number of rotatable bonds is 10. The summed E-state index contributed by atoms with van der Waals surface area (Å²) in [6.07, 6.45) is 2.72. The van der Waals surface area contributed by atoms with Gasteiger partial charge in [-0.15, -0.1) is 0 Å². The molecular formula is C16H26N2O4S. The molecule has 7 heteroatoms. The molecule has 1 aromatic carbocycles. The second kappa shape index (κ2) is 9.52. The van der Waals surface area contributed by atoms with E-state index in [1.807, 2.05) is 25.1 Å². The second-order valence-electron chi connectivity index (χ2n) is 5.42. The van der Waals surface area contributed by atoms with Gasteiger partial charge in [0.2, 0.25) is 15.9 Å². The van der Waals surface area contributed by atoms with Crippen molar-refractivity contribution in [3.8, 4) is 0 Å². The summed E-state index contributed by atoms with van der Waals surface area (Å²) in [5.41, 5.74) is 1.55. The highest BCUT2D eigenvalue weighted by atomic mass is 32.2. The van der Waals surface area contributed by atoms with E-state index in [0.717, 1.165) is 12.0 Å². The minimum atomic E-state index is -3.38. The third-order valence-corrected chi connectivity index (χ3v) is 4.58. The van der Waals surface area contributed by atoms with Gasteiger partial charge in [-0.2, -0.15) is 0 Å². The molecule has 0 saturated carbocycles. The maximum atomic E-state index is 12.0. The van der Waals surface area contributed by atoms with E-state index in [9.17, 15) is 13.2 Å². The Morgan fingerprint density at radius 1 is 1.26 bits per heavy atom. The highest BCUT2D eigenvalue weighted by Crippen LogP contribution is 2.22. The van der Waals surface area contributed by atoms with Crippen molar-refractivity contribution in [1.29, 1.82) is 0 Å². The Morgan fingerprint density at radius 2 is 1.96 bits per heavy atom. The Hall–Kier alpha value is -1.60. The Kier molecular flexibility index (Phi) is 8.05. The van der Waals surface area contributed by atoms with E-state index in [1.165, 1.54) is 10.6 Å². The Bertz CT molecular complexity index is 602.